The molecule has 2 aliphatic rings. The number of nitrogens with zero attached hydrogens (tertiary/aromatic N) is 4. The van der Waals surface area contributed by atoms with Crippen LogP contribution < -0.4 is 17.0 Å². The lowest BCUT2D eigenvalue weighted by Gasteiger charge is -2.40. The number of amides is 1. The number of carbonyl (C=O) groups is 1. The number of aryl methyl sites for hydroxylation is 2. The van der Waals surface area contributed by atoms with Crippen LogP contribution in [0.2, 0.25) is 0 Å². The second kappa shape index (κ2) is 6.33. The average molecular weight is 370 g/mol. The number of carbonyl (C=O) groups excluding carboxylic acids is 1. The molecule has 2 aromatic rings. The van der Waals surface area contributed by atoms with Crippen molar-refractivity contribution in [2.24, 2.45) is 0 Å². The molecule has 1 aliphatic heterocycles. The van der Waals surface area contributed by atoms with Crippen molar-refractivity contribution in [3.63, 3.8) is 0 Å². The van der Waals surface area contributed by atoms with Crippen LogP contribution in [-0.2, 0) is 23.2 Å². The first-order valence-electron chi connectivity index (χ1n) is 9.08. The highest BCUT2D eigenvalue weighted by Gasteiger charge is 2.44. The summed E-state index contributed by atoms with van der Waals surface area (Å²) in [5.41, 5.74) is 7.06. The summed E-state index contributed by atoms with van der Waals surface area (Å²) >= 11 is 0. The van der Waals surface area contributed by atoms with Gasteiger partial charge in [0, 0.05) is 36.5 Å². The van der Waals surface area contributed by atoms with Gasteiger partial charge in [-0.15, -0.1) is 0 Å². The lowest BCUT2D eigenvalue weighted by Crippen LogP contribution is -2.49. The van der Waals surface area contributed by atoms with Crippen LogP contribution in [0.15, 0.2) is 22.0 Å². The highest BCUT2D eigenvalue weighted by Crippen LogP contribution is 2.43. The Balaban J connectivity index is 1.57. The molecule has 1 fully saturated rings. The number of hydrogen-bond acceptors (Lipinski definition) is 6. The maximum atomic E-state index is 12.9. The van der Waals surface area contributed by atoms with E-state index in [1.54, 1.807) is 18.0 Å². The molecule has 1 aliphatic carbocycles. The van der Waals surface area contributed by atoms with Crippen LogP contribution in [0, 0.1) is 6.92 Å². The molecule has 0 bridgehead atoms. The first-order chi connectivity index (χ1) is 12.9. The predicted molar refractivity (Wildman–Crippen MR) is 98.3 cm³/mol. The minimum Gasteiger partial charge on any atom is -0.368 e. The van der Waals surface area contributed by atoms with Gasteiger partial charge in [0.15, 0.2) is 0 Å². The number of piperidine rings is 1. The quantitative estimate of drug-likeness (QED) is 0.749. The normalized spacial score (nSPS) is 21.4. The van der Waals surface area contributed by atoms with Crippen molar-refractivity contribution in [2.45, 2.75) is 44.6 Å². The molecule has 1 amide bonds. The second-order valence-electron chi connectivity index (χ2n) is 7.50. The zero-order chi connectivity index (χ0) is 19.2. The number of H-pyrrole nitrogens is 1. The Kier molecular flexibility index (Phi) is 4.09. The number of aromatic nitrogens is 4. The van der Waals surface area contributed by atoms with Gasteiger partial charge in [0.2, 0.25) is 11.9 Å². The van der Waals surface area contributed by atoms with Crippen molar-refractivity contribution < 1.29 is 4.79 Å². The molecule has 3 N–H and O–H groups in total. The number of likely N-dealkylation sites (tertiary alicyclic amines) is 1. The fraction of sp³-hybridized carbons (Fsp3) is 0.500. The molecule has 9 heteroatoms. The second-order valence-corrected chi connectivity index (χ2v) is 7.50. The van der Waals surface area contributed by atoms with Gasteiger partial charge in [0.05, 0.1) is 5.69 Å². The van der Waals surface area contributed by atoms with Gasteiger partial charge in [0.25, 0.3) is 5.56 Å². The highest BCUT2D eigenvalue weighted by atomic mass is 16.2. The van der Waals surface area contributed by atoms with E-state index in [0.29, 0.717) is 18.7 Å². The maximum Gasteiger partial charge on any atom is 0.328 e. The van der Waals surface area contributed by atoms with Crippen LogP contribution in [0.3, 0.4) is 0 Å². The van der Waals surface area contributed by atoms with Crippen molar-refractivity contribution in [3.05, 3.63) is 50.1 Å². The van der Waals surface area contributed by atoms with Gasteiger partial charge in [-0.2, -0.15) is 0 Å². The van der Waals surface area contributed by atoms with E-state index < -0.39 is 11.2 Å². The number of nitrogens with one attached hydrogen (secondary N) is 1. The molecule has 0 aromatic carbocycles. The largest absolute Gasteiger partial charge is 0.368 e. The average Bonchev–Trinajstić information content (AvgIpc) is 2.97. The molecular formula is C18H22N6O3. The summed E-state index contributed by atoms with van der Waals surface area (Å²) in [5, 5.41) is 0. The van der Waals surface area contributed by atoms with Gasteiger partial charge < -0.3 is 10.6 Å². The van der Waals surface area contributed by atoms with Crippen molar-refractivity contribution in [1.82, 2.24) is 24.4 Å². The van der Waals surface area contributed by atoms with E-state index in [2.05, 4.69) is 15.0 Å². The summed E-state index contributed by atoms with van der Waals surface area (Å²) < 4.78 is 1.25. The summed E-state index contributed by atoms with van der Waals surface area (Å²) in [6.07, 6.45) is 6.85. The molecule has 0 radical (unpaired) electrons. The van der Waals surface area contributed by atoms with E-state index in [4.69, 9.17) is 5.73 Å². The number of nitrogens with two attached hydrogens (primary N) is 1. The van der Waals surface area contributed by atoms with Crippen LogP contribution >= 0.6 is 0 Å². The summed E-state index contributed by atoms with van der Waals surface area (Å²) in [5.74, 6) is 0.117. The summed E-state index contributed by atoms with van der Waals surface area (Å²) in [6.45, 7) is 2.72. The smallest absolute Gasteiger partial charge is 0.328 e. The lowest BCUT2D eigenvalue weighted by molar-refractivity contribution is -0.134. The fourth-order valence-corrected chi connectivity index (χ4v) is 4.28. The van der Waals surface area contributed by atoms with E-state index in [9.17, 15) is 14.4 Å². The van der Waals surface area contributed by atoms with E-state index in [1.165, 1.54) is 10.8 Å². The number of fused-ring (bicyclic) bond motifs is 2. The summed E-state index contributed by atoms with van der Waals surface area (Å²) in [7, 11) is 0. The predicted octanol–water partition coefficient (Wildman–Crippen LogP) is -0.276. The van der Waals surface area contributed by atoms with Crippen LogP contribution in [0.4, 0.5) is 5.95 Å². The van der Waals surface area contributed by atoms with E-state index in [-0.39, 0.29) is 23.8 Å². The van der Waals surface area contributed by atoms with Gasteiger partial charge in [-0.1, -0.05) is 0 Å². The Morgan fingerprint density at radius 2 is 2.19 bits per heavy atom. The molecule has 1 atom stereocenters. The minimum absolute atomic E-state index is 0.0920. The number of aromatic amines is 1. The number of hydrogen-bond donors (Lipinski definition) is 2. The Bertz CT molecular complexity index is 1020. The zero-order valence-electron chi connectivity index (χ0n) is 15.2. The maximum absolute atomic E-state index is 12.9. The Hall–Kier alpha value is -2.97. The molecule has 0 saturated carbocycles. The van der Waals surface area contributed by atoms with Gasteiger partial charge in [0.1, 0.15) is 6.54 Å². The van der Waals surface area contributed by atoms with E-state index in [0.717, 1.165) is 36.9 Å². The van der Waals surface area contributed by atoms with E-state index in [1.807, 2.05) is 0 Å². The zero-order valence-corrected chi connectivity index (χ0v) is 15.2. The molecule has 142 valence electrons. The Labute approximate surface area is 155 Å². The van der Waals surface area contributed by atoms with Crippen LogP contribution in [0.25, 0.3) is 0 Å². The third kappa shape index (κ3) is 3.02. The topological polar surface area (TPSA) is 127 Å². The molecular weight excluding hydrogens is 348 g/mol. The molecule has 9 nitrogen and oxygen atoms in total. The van der Waals surface area contributed by atoms with Gasteiger partial charge in [-0.3, -0.25) is 19.1 Å². The first-order valence-corrected chi connectivity index (χ1v) is 9.08. The fourth-order valence-electron chi connectivity index (χ4n) is 4.28. The molecule has 2 aromatic heterocycles. The van der Waals surface area contributed by atoms with Gasteiger partial charge in [-0.25, -0.2) is 14.8 Å². The third-order valence-electron chi connectivity index (χ3n) is 5.68. The SMILES string of the molecule is Cc1cn(CC(=O)N2CCCC3(CCc4cnc(N)nc43)C2)c(=O)[nH]c1=O. The molecule has 27 heavy (non-hydrogen) atoms. The van der Waals surface area contributed by atoms with Crippen molar-refractivity contribution in [3.8, 4) is 0 Å². The standard InChI is InChI=1S/C18H22N6O3/c1-11-8-24(17(27)22-15(11)26)9-13(25)23-6-2-4-18(10-23)5-3-12-7-20-16(19)21-14(12)18/h7-8H,2-6,9-10H2,1H3,(H2,19,20,21)(H,22,26,27). The molecule has 1 unspecified atom stereocenters. The van der Waals surface area contributed by atoms with Crippen molar-refractivity contribution in [1.29, 1.82) is 0 Å². The Morgan fingerprint density at radius 1 is 1.37 bits per heavy atom. The van der Waals surface area contributed by atoms with E-state index >= 15 is 0 Å². The Morgan fingerprint density at radius 3 is 3.00 bits per heavy atom. The third-order valence-corrected chi connectivity index (χ3v) is 5.68. The van der Waals surface area contributed by atoms with Crippen molar-refractivity contribution >= 4 is 11.9 Å². The first kappa shape index (κ1) is 17.4. The van der Waals surface area contributed by atoms with Crippen molar-refractivity contribution in [2.75, 3.05) is 18.8 Å². The van der Waals surface area contributed by atoms with Crippen LogP contribution in [-0.4, -0.2) is 43.4 Å². The minimum atomic E-state index is -0.572. The highest BCUT2D eigenvalue weighted by molar-refractivity contribution is 5.76. The van der Waals surface area contributed by atoms with Crippen LogP contribution in [0.1, 0.15) is 36.1 Å². The molecule has 1 saturated heterocycles. The summed E-state index contributed by atoms with van der Waals surface area (Å²) in [6, 6.07) is 0. The number of anilines is 1. The molecule has 4 rings (SSSR count). The van der Waals surface area contributed by atoms with Gasteiger partial charge in [-0.05, 0) is 38.2 Å². The number of rotatable bonds is 2. The summed E-state index contributed by atoms with van der Waals surface area (Å²) in [4.78, 5) is 48.9. The monoisotopic (exact) mass is 370 g/mol. The molecule has 1 spiro atoms. The number of nitrogen functional groups attached to an aromatic ring is 1. The van der Waals surface area contributed by atoms with Gasteiger partial charge >= 0.3 is 5.69 Å². The molecule has 3 heterocycles. The van der Waals surface area contributed by atoms with Crippen LogP contribution in [0.5, 0.6) is 0 Å². The lowest BCUT2D eigenvalue weighted by atomic mass is 9.77.